The highest BCUT2D eigenvalue weighted by Gasteiger charge is 2.02. The van der Waals surface area contributed by atoms with Crippen LogP contribution in [-0.2, 0) is 9.53 Å². The summed E-state index contributed by atoms with van der Waals surface area (Å²) >= 11 is 0. The van der Waals surface area contributed by atoms with Crippen molar-refractivity contribution in [1.29, 1.82) is 0 Å². The van der Waals surface area contributed by atoms with Crippen LogP contribution in [0.5, 0.6) is 0 Å². The summed E-state index contributed by atoms with van der Waals surface area (Å²) in [5.74, 6) is -1.03. The molecule has 3 nitrogen and oxygen atoms in total. The van der Waals surface area contributed by atoms with Crippen molar-refractivity contribution in [3.8, 4) is 0 Å². The van der Waals surface area contributed by atoms with Crippen LogP contribution in [0, 0.1) is 5.82 Å². The van der Waals surface area contributed by atoms with E-state index in [9.17, 15) is 9.18 Å². The van der Waals surface area contributed by atoms with Crippen LogP contribution >= 0.6 is 0 Å². The molecule has 2 N–H and O–H groups in total. The number of hydrogen-bond donors (Lipinski definition) is 1. The molecule has 0 saturated heterocycles. The molecule has 15 heavy (non-hydrogen) atoms. The summed E-state index contributed by atoms with van der Waals surface area (Å²) in [5.41, 5.74) is 5.68. The molecule has 0 unspecified atom stereocenters. The standard InChI is InChI=1S/C11H12FNO2/c1-2-15-10(14)7-6-8-4-3-5-9(13)11(8)12/h3-7H,2,13H2,1H3. The van der Waals surface area contributed by atoms with Gasteiger partial charge in [-0.2, -0.15) is 0 Å². The number of nitrogens with two attached hydrogens (primary N) is 1. The van der Waals surface area contributed by atoms with E-state index in [-0.39, 0.29) is 11.3 Å². The maximum absolute atomic E-state index is 13.3. The van der Waals surface area contributed by atoms with Crippen LogP contribution in [0.15, 0.2) is 24.3 Å². The first kappa shape index (κ1) is 11.2. The van der Waals surface area contributed by atoms with Crippen molar-refractivity contribution in [3.05, 3.63) is 35.7 Å². The summed E-state index contributed by atoms with van der Waals surface area (Å²) in [6, 6.07) is 4.60. The van der Waals surface area contributed by atoms with E-state index in [1.165, 1.54) is 24.3 Å². The molecule has 0 atom stereocenters. The van der Waals surface area contributed by atoms with E-state index < -0.39 is 11.8 Å². The Balaban J connectivity index is 2.81. The lowest BCUT2D eigenvalue weighted by Gasteiger charge is -1.99. The number of halogens is 1. The van der Waals surface area contributed by atoms with Crippen LogP contribution in [-0.4, -0.2) is 12.6 Å². The molecule has 0 aliphatic rings. The van der Waals surface area contributed by atoms with Gasteiger partial charge in [-0.25, -0.2) is 9.18 Å². The highest BCUT2D eigenvalue weighted by molar-refractivity contribution is 5.87. The highest BCUT2D eigenvalue weighted by Crippen LogP contribution is 2.15. The first-order valence-electron chi connectivity index (χ1n) is 4.54. The quantitative estimate of drug-likeness (QED) is 0.470. The number of benzene rings is 1. The summed E-state index contributed by atoms with van der Waals surface area (Å²) in [7, 11) is 0. The Labute approximate surface area is 87.3 Å². The largest absolute Gasteiger partial charge is 0.463 e. The van der Waals surface area contributed by atoms with Crippen LogP contribution in [0.25, 0.3) is 6.08 Å². The summed E-state index contributed by atoms with van der Waals surface area (Å²) in [6.45, 7) is 2.00. The Kier molecular flexibility index (Phi) is 3.85. The van der Waals surface area contributed by atoms with E-state index in [1.54, 1.807) is 13.0 Å². The van der Waals surface area contributed by atoms with Gasteiger partial charge in [-0.15, -0.1) is 0 Å². The molecule has 0 aliphatic heterocycles. The Bertz CT molecular complexity index is 388. The van der Waals surface area contributed by atoms with Crippen molar-refractivity contribution in [2.75, 3.05) is 12.3 Å². The molecular formula is C11H12FNO2. The lowest BCUT2D eigenvalue weighted by Crippen LogP contribution is -1.99. The van der Waals surface area contributed by atoms with E-state index in [4.69, 9.17) is 5.73 Å². The van der Waals surface area contributed by atoms with Crippen LogP contribution in [0.1, 0.15) is 12.5 Å². The predicted octanol–water partition coefficient (Wildman–Crippen LogP) is 1.98. The monoisotopic (exact) mass is 209 g/mol. The third-order valence-electron chi connectivity index (χ3n) is 1.74. The lowest BCUT2D eigenvalue weighted by molar-refractivity contribution is -0.137. The number of carbonyl (C=O) groups excluding carboxylic acids is 1. The molecule has 80 valence electrons. The topological polar surface area (TPSA) is 52.3 Å². The molecule has 0 bridgehead atoms. The van der Waals surface area contributed by atoms with Gasteiger partial charge in [0.2, 0.25) is 0 Å². The van der Waals surface area contributed by atoms with Gasteiger partial charge in [-0.1, -0.05) is 12.1 Å². The predicted molar refractivity (Wildman–Crippen MR) is 56.5 cm³/mol. The molecule has 1 rings (SSSR count). The number of anilines is 1. The van der Waals surface area contributed by atoms with E-state index in [0.717, 1.165) is 0 Å². The van der Waals surface area contributed by atoms with Crippen LogP contribution in [0.4, 0.5) is 10.1 Å². The van der Waals surface area contributed by atoms with Crippen molar-refractivity contribution < 1.29 is 13.9 Å². The van der Waals surface area contributed by atoms with Crippen LogP contribution in [0.3, 0.4) is 0 Å². The zero-order valence-corrected chi connectivity index (χ0v) is 8.37. The molecule has 0 aromatic heterocycles. The third kappa shape index (κ3) is 3.09. The Hall–Kier alpha value is -1.84. The number of rotatable bonds is 3. The van der Waals surface area contributed by atoms with Crippen molar-refractivity contribution in [1.82, 2.24) is 0 Å². The second-order valence-electron chi connectivity index (χ2n) is 2.84. The average Bonchev–Trinajstić information content (AvgIpc) is 2.21. The molecular weight excluding hydrogens is 197 g/mol. The third-order valence-corrected chi connectivity index (χ3v) is 1.74. The molecule has 1 aromatic rings. The van der Waals surface area contributed by atoms with Crippen molar-refractivity contribution >= 4 is 17.7 Å². The summed E-state index contributed by atoms with van der Waals surface area (Å²) in [5, 5.41) is 0. The Morgan fingerprint density at radius 2 is 2.33 bits per heavy atom. The number of carbonyl (C=O) groups is 1. The van der Waals surface area contributed by atoms with Gasteiger partial charge in [-0.05, 0) is 19.1 Å². The summed E-state index contributed by atoms with van der Waals surface area (Å²) in [6.07, 6.45) is 2.50. The van der Waals surface area contributed by atoms with Gasteiger partial charge in [0, 0.05) is 11.6 Å². The molecule has 1 aromatic carbocycles. The zero-order chi connectivity index (χ0) is 11.3. The normalized spacial score (nSPS) is 10.5. The van der Waals surface area contributed by atoms with Crippen molar-refractivity contribution in [2.45, 2.75) is 6.92 Å². The van der Waals surface area contributed by atoms with E-state index in [0.29, 0.717) is 6.61 Å². The van der Waals surface area contributed by atoms with E-state index in [1.807, 2.05) is 0 Å². The van der Waals surface area contributed by atoms with Crippen LogP contribution < -0.4 is 5.73 Å². The number of ether oxygens (including phenoxy) is 1. The number of nitrogen functional groups attached to an aromatic ring is 1. The fourth-order valence-electron chi connectivity index (χ4n) is 1.05. The molecule has 0 amide bonds. The molecule has 0 aliphatic carbocycles. The second-order valence-corrected chi connectivity index (χ2v) is 2.84. The first-order valence-corrected chi connectivity index (χ1v) is 4.54. The maximum atomic E-state index is 13.3. The van der Waals surface area contributed by atoms with Crippen LogP contribution in [0.2, 0.25) is 0 Å². The van der Waals surface area contributed by atoms with Crippen molar-refractivity contribution in [2.24, 2.45) is 0 Å². The molecule has 0 radical (unpaired) electrons. The van der Waals surface area contributed by atoms with Gasteiger partial charge in [0.15, 0.2) is 5.82 Å². The summed E-state index contributed by atoms with van der Waals surface area (Å²) in [4.78, 5) is 10.9. The zero-order valence-electron chi connectivity index (χ0n) is 8.37. The van der Waals surface area contributed by atoms with Gasteiger partial charge in [0.05, 0.1) is 12.3 Å². The Morgan fingerprint density at radius 1 is 1.60 bits per heavy atom. The number of hydrogen-bond acceptors (Lipinski definition) is 3. The van der Waals surface area contributed by atoms with Gasteiger partial charge < -0.3 is 10.5 Å². The van der Waals surface area contributed by atoms with Gasteiger partial charge in [0.25, 0.3) is 0 Å². The lowest BCUT2D eigenvalue weighted by atomic mass is 10.2. The minimum atomic E-state index is -0.530. The van der Waals surface area contributed by atoms with Gasteiger partial charge >= 0.3 is 5.97 Å². The molecule has 0 saturated carbocycles. The first-order chi connectivity index (χ1) is 7.15. The van der Waals surface area contributed by atoms with Gasteiger partial charge in [-0.3, -0.25) is 0 Å². The highest BCUT2D eigenvalue weighted by atomic mass is 19.1. The fourth-order valence-corrected chi connectivity index (χ4v) is 1.05. The molecule has 4 heteroatoms. The molecule has 0 heterocycles. The minimum Gasteiger partial charge on any atom is -0.463 e. The van der Waals surface area contributed by atoms with E-state index in [2.05, 4.69) is 4.74 Å². The van der Waals surface area contributed by atoms with Gasteiger partial charge in [0.1, 0.15) is 0 Å². The number of esters is 1. The minimum absolute atomic E-state index is 0.0565. The Morgan fingerprint density at radius 3 is 3.00 bits per heavy atom. The summed E-state index contributed by atoms with van der Waals surface area (Å²) < 4.78 is 18.0. The molecule has 0 spiro atoms. The second kappa shape index (κ2) is 5.14. The average molecular weight is 209 g/mol. The smallest absolute Gasteiger partial charge is 0.330 e. The maximum Gasteiger partial charge on any atom is 0.330 e. The fraction of sp³-hybridized carbons (Fsp3) is 0.182. The molecule has 0 fully saturated rings. The van der Waals surface area contributed by atoms with Crippen molar-refractivity contribution in [3.63, 3.8) is 0 Å². The van der Waals surface area contributed by atoms with E-state index >= 15 is 0 Å². The SMILES string of the molecule is CCOC(=O)C=Cc1cccc(N)c1F.